The van der Waals surface area contributed by atoms with Crippen molar-refractivity contribution >= 4 is 39.4 Å². The van der Waals surface area contributed by atoms with Gasteiger partial charge in [-0.2, -0.15) is 0 Å². The van der Waals surface area contributed by atoms with E-state index in [1.807, 2.05) is 0 Å². The van der Waals surface area contributed by atoms with Crippen LogP contribution >= 0.6 is 0 Å². The van der Waals surface area contributed by atoms with Gasteiger partial charge in [0, 0.05) is 0 Å². The van der Waals surface area contributed by atoms with E-state index in [1.165, 1.54) is 0 Å². The van der Waals surface area contributed by atoms with Gasteiger partial charge in [-0.1, -0.05) is 0 Å². The molecule has 4 radical (unpaired) electrons. The minimum absolute atomic E-state index is 0. The predicted molar refractivity (Wildman–Crippen MR) is 33.5 cm³/mol. The lowest BCUT2D eigenvalue weighted by molar-refractivity contribution is 0.160. The Morgan fingerprint density at radius 1 is 0.900 bits per heavy atom. The summed E-state index contributed by atoms with van der Waals surface area (Å²) in [4.78, 5) is 9.69. The maximum atomic E-state index is 9.69. The highest BCUT2D eigenvalue weighted by atomic mass is 27.1. The van der Waals surface area contributed by atoms with Crippen LogP contribution in [-0.2, 0) is 7.58 Å². The van der Waals surface area contributed by atoms with E-state index in [0.717, 1.165) is 0 Å². The molecular weight excluding hydrogens is 178 g/mol. The van der Waals surface area contributed by atoms with Crippen LogP contribution in [0.2, 0.25) is 0 Å². The molecule has 0 aromatic rings. The Morgan fingerprint density at radius 3 is 1.10 bits per heavy atom. The van der Waals surface area contributed by atoms with Crippen LogP contribution in [0, 0.1) is 0 Å². The molecule has 0 unspecified atom stereocenters. The fourth-order valence-corrected chi connectivity index (χ4v) is 0.250. The molecule has 0 spiro atoms. The van der Waals surface area contributed by atoms with E-state index in [1.54, 1.807) is 33.2 Å². The Labute approximate surface area is 74.0 Å². The zero-order valence-electron chi connectivity index (χ0n) is 4.88. The average molecular weight is 186 g/mol. The summed E-state index contributed by atoms with van der Waals surface area (Å²) in [7, 11) is 0. The van der Waals surface area contributed by atoms with Crippen molar-refractivity contribution in [1.29, 1.82) is 0 Å². The van der Waals surface area contributed by atoms with Gasteiger partial charge in [-0.05, 0) is 0 Å². The van der Waals surface area contributed by atoms with Gasteiger partial charge in [0.2, 0.25) is 0 Å². The van der Waals surface area contributed by atoms with E-state index in [9.17, 15) is 4.79 Å². The highest BCUT2D eigenvalue weighted by molar-refractivity contribution is 6.09. The third kappa shape index (κ3) is 24.1. The topological polar surface area (TPSA) is 162 Å². The second kappa shape index (κ2) is 22.9. The monoisotopic (exact) mass is 186 g/mol. The van der Waals surface area contributed by atoms with E-state index in [-0.39, 0.29) is 21.9 Å². The lowest BCUT2D eigenvalue weighted by atomic mass is 11.5. The third-order valence-electron chi connectivity index (χ3n) is 0.192. The first kappa shape index (κ1) is 32.0. The van der Waals surface area contributed by atoms with Crippen molar-refractivity contribution in [3.8, 4) is 0 Å². The molecule has 0 aliphatic rings. The number of carbonyl (C=O) groups excluding carboxylic acids is 1. The molecule has 0 heterocycles. The Morgan fingerprint density at radius 2 is 1.10 bits per heavy atom. The summed E-state index contributed by atoms with van der Waals surface area (Å²) >= 11 is 3.50. The van der Waals surface area contributed by atoms with Gasteiger partial charge in [0.25, 0.3) is 0 Å². The SMILES string of the molecule is O.O.O.O.O=C([O][Al])[O][Al]. The Hall–Kier alpha value is 0.175. The molecule has 7 nitrogen and oxygen atoms in total. The molecule has 0 aromatic heterocycles. The van der Waals surface area contributed by atoms with Gasteiger partial charge in [0.05, 0.1) is 0 Å². The highest BCUT2D eigenvalue weighted by Crippen LogP contribution is 1.70. The summed E-state index contributed by atoms with van der Waals surface area (Å²) in [5, 5.41) is 0. The fourth-order valence-electron chi connectivity index (χ4n) is 0.0278. The van der Waals surface area contributed by atoms with Gasteiger partial charge in [-0.25, -0.2) is 4.79 Å². The van der Waals surface area contributed by atoms with Crippen LogP contribution in [0.1, 0.15) is 0 Å². The minimum Gasteiger partial charge on any atom is -0.601 e. The van der Waals surface area contributed by atoms with Crippen molar-refractivity contribution in [1.82, 2.24) is 0 Å². The molecule has 0 aliphatic carbocycles. The van der Waals surface area contributed by atoms with Crippen molar-refractivity contribution in [3.63, 3.8) is 0 Å². The lowest BCUT2D eigenvalue weighted by Crippen LogP contribution is -2.00. The van der Waals surface area contributed by atoms with Crippen molar-refractivity contribution in [3.05, 3.63) is 0 Å². The fraction of sp³-hybridized carbons (Fsp3) is 0. The maximum absolute atomic E-state index is 9.69. The normalized spacial score (nSPS) is 4.00. The molecule has 8 N–H and O–H groups in total. The second-order valence-corrected chi connectivity index (χ2v) is 0.957. The van der Waals surface area contributed by atoms with E-state index in [0.29, 0.717) is 0 Å². The quantitative estimate of drug-likeness (QED) is 0.353. The molecule has 0 rings (SSSR count). The van der Waals surface area contributed by atoms with Gasteiger partial charge < -0.3 is 29.5 Å². The molecule has 0 aliphatic heterocycles. The molecule has 10 heavy (non-hydrogen) atoms. The van der Waals surface area contributed by atoms with Crippen molar-refractivity contribution in [2.24, 2.45) is 0 Å². The highest BCUT2D eigenvalue weighted by Gasteiger charge is 1.85. The lowest BCUT2D eigenvalue weighted by Gasteiger charge is -1.96. The van der Waals surface area contributed by atoms with Gasteiger partial charge >= 0.3 is 39.4 Å². The summed E-state index contributed by atoms with van der Waals surface area (Å²) < 4.78 is 7.87. The van der Waals surface area contributed by atoms with E-state index >= 15 is 0 Å². The van der Waals surface area contributed by atoms with Crippen molar-refractivity contribution in [2.75, 3.05) is 0 Å². The van der Waals surface area contributed by atoms with Gasteiger partial charge in [-0.3, -0.25) is 0 Å². The smallest absolute Gasteiger partial charge is 0.490 e. The third-order valence-corrected chi connectivity index (χ3v) is 0.577. The molecule has 60 valence electrons. The predicted octanol–water partition coefficient (Wildman–Crippen LogP) is -3.99. The Bertz CT molecular complexity index is 49.6. The number of hydrogen-bond acceptors (Lipinski definition) is 3. The molecule has 0 fully saturated rings. The van der Waals surface area contributed by atoms with E-state index < -0.39 is 6.16 Å². The van der Waals surface area contributed by atoms with Crippen LogP contribution in [0.5, 0.6) is 0 Å². The standard InChI is InChI=1S/CH2O3.2Al.4H2O/c2-1(3)4;;;;;;/h(H2,2,3,4);;;4*1H2/q;2*+1;;;;/p-2. The summed E-state index contributed by atoms with van der Waals surface area (Å²) in [6.45, 7) is 0. The zero-order chi connectivity index (χ0) is 4.99. The van der Waals surface area contributed by atoms with Crippen molar-refractivity contribution in [2.45, 2.75) is 0 Å². The Balaban J connectivity index is -0.0000000208. The molecule has 0 saturated carbocycles. The van der Waals surface area contributed by atoms with E-state index in [2.05, 4.69) is 7.58 Å². The maximum Gasteiger partial charge on any atom is 0.490 e. The van der Waals surface area contributed by atoms with Crippen molar-refractivity contribution < 1.29 is 34.3 Å². The molecule has 0 amide bonds. The molecular formula is CH8Al2O7. The number of rotatable bonds is 0. The molecule has 0 saturated heterocycles. The first-order valence-electron chi connectivity index (χ1n) is 1.08. The number of carbonyl (C=O) groups is 1. The van der Waals surface area contributed by atoms with Crippen LogP contribution in [0.25, 0.3) is 0 Å². The molecule has 0 aromatic carbocycles. The van der Waals surface area contributed by atoms with Crippen LogP contribution in [0.3, 0.4) is 0 Å². The summed E-state index contributed by atoms with van der Waals surface area (Å²) in [6.07, 6.45) is -0.731. The van der Waals surface area contributed by atoms with Gasteiger partial charge in [0.1, 0.15) is 0 Å². The Kier molecular flexibility index (Phi) is 73.2. The first-order valence-corrected chi connectivity index (χ1v) is 2.03. The van der Waals surface area contributed by atoms with Crippen LogP contribution in [-0.4, -0.2) is 61.3 Å². The molecule has 0 bridgehead atoms. The van der Waals surface area contributed by atoms with Crippen LogP contribution in [0.4, 0.5) is 4.79 Å². The molecule has 0 atom stereocenters. The summed E-state index contributed by atoms with van der Waals surface area (Å²) in [5.41, 5.74) is 0. The summed E-state index contributed by atoms with van der Waals surface area (Å²) in [5.74, 6) is 0. The van der Waals surface area contributed by atoms with Crippen LogP contribution in [0.15, 0.2) is 0 Å². The average Bonchev–Trinajstić information content (AvgIpc) is 1.65. The van der Waals surface area contributed by atoms with E-state index in [4.69, 9.17) is 0 Å². The summed E-state index contributed by atoms with van der Waals surface area (Å²) in [6, 6.07) is 0. The number of hydrogen-bond donors (Lipinski definition) is 0. The van der Waals surface area contributed by atoms with Crippen LogP contribution < -0.4 is 0 Å². The van der Waals surface area contributed by atoms with Gasteiger partial charge in [-0.15, -0.1) is 0 Å². The van der Waals surface area contributed by atoms with Gasteiger partial charge in [0.15, 0.2) is 0 Å². The minimum atomic E-state index is -0.731. The molecule has 9 heteroatoms. The zero-order valence-corrected chi connectivity index (χ0v) is 7.19. The first-order chi connectivity index (χ1) is 2.81. The largest absolute Gasteiger partial charge is 0.601 e. The second-order valence-electron chi connectivity index (χ2n) is 0.486.